The number of hydrogen-bond donors (Lipinski definition) is 1. The van der Waals surface area contributed by atoms with Gasteiger partial charge in [-0.1, -0.05) is 13.3 Å². The summed E-state index contributed by atoms with van der Waals surface area (Å²) in [5, 5.41) is 8.71. The van der Waals surface area contributed by atoms with Gasteiger partial charge in [-0.15, -0.1) is 10.2 Å². The van der Waals surface area contributed by atoms with Gasteiger partial charge >= 0.3 is 0 Å². The molecule has 0 saturated heterocycles. The average molecular weight is 411 g/mol. The standard InChI is InChI=1S/C17H26N6O2S2/c1-5-8-11-27(24,25)22-16-12-14(23(6-2)7-3)9-10-15(16)19-20-17-18-13(4)21-26-17/h9-10,12H,5-8,11H2,1-4H3,(H,22,24,25). The third kappa shape index (κ3) is 6.33. The Bertz CT molecular complexity index is 899. The van der Waals surface area contributed by atoms with E-state index in [1.165, 1.54) is 0 Å². The SMILES string of the molecule is CCCCS(=O)(O)=Nc1cc(N(CC)CC)ccc1N=Nc1nc(C)ns1. The van der Waals surface area contributed by atoms with Crippen LogP contribution in [0.25, 0.3) is 0 Å². The van der Waals surface area contributed by atoms with Crippen molar-refractivity contribution in [2.24, 2.45) is 14.6 Å². The smallest absolute Gasteiger partial charge is 0.249 e. The molecule has 2 aromatic rings. The van der Waals surface area contributed by atoms with E-state index in [2.05, 4.69) is 42.7 Å². The summed E-state index contributed by atoms with van der Waals surface area (Å²) in [4.78, 5) is 6.28. The highest BCUT2D eigenvalue weighted by molar-refractivity contribution is 7.88. The summed E-state index contributed by atoms with van der Waals surface area (Å²) in [7, 11) is -3.32. The zero-order valence-corrected chi connectivity index (χ0v) is 17.8. The van der Waals surface area contributed by atoms with Gasteiger partial charge < -0.3 is 9.45 Å². The monoisotopic (exact) mass is 410 g/mol. The first-order valence-electron chi connectivity index (χ1n) is 8.96. The summed E-state index contributed by atoms with van der Waals surface area (Å²) in [6.07, 6.45) is 1.46. The van der Waals surface area contributed by atoms with Gasteiger partial charge in [-0.3, -0.25) is 0 Å². The molecule has 8 nitrogen and oxygen atoms in total. The minimum absolute atomic E-state index is 0.130. The Labute approximate surface area is 164 Å². The van der Waals surface area contributed by atoms with Gasteiger partial charge in [-0.05, 0) is 45.4 Å². The van der Waals surface area contributed by atoms with Gasteiger partial charge in [0.2, 0.25) is 5.13 Å². The first kappa shape index (κ1) is 21.4. The van der Waals surface area contributed by atoms with Gasteiger partial charge in [0.05, 0.1) is 5.75 Å². The number of rotatable bonds is 9. The van der Waals surface area contributed by atoms with E-state index in [-0.39, 0.29) is 5.75 Å². The number of azo groups is 1. The van der Waals surface area contributed by atoms with Crippen molar-refractivity contribution in [3.05, 3.63) is 24.0 Å². The van der Waals surface area contributed by atoms with E-state index in [0.717, 1.165) is 36.7 Å². The highest BCUT2D eigenvalue weighted by atomic mass is 32.2. The highest BCUT2D eigenvalue weighted by Gasteiger charge is 2.11. The Morgan fingerprint density at radius 1 is 1.19 bits per heavy atom. The molecule has 1 unspecified atom stereocenters. The van der Waals surface area contributed by atoms with Gasteiger partial charge in [0.1, 0.15) is 17.2 Å². The lowest BCUT2D eigenvalue weighted by atomic mass is 10.2. The Hall–Kier alpha value is -1.91. The number of anilines is 1. The maximum absolute atomic E-state index is 12.4. The predicted molar refractivity (Wildman–Crippen MR) is 111 cm³/mol. The fourth-order valence-corrected chi connectivity index (χ4v) is 4.12. The predicted octanol–water partition coefficient (Wildman–Crippen LogP) is 5.48. The van der Waals surface area contributed by atoms with Crippen molar-refractivity contribution in [3.8, 4) is 0 Å². The van der Waals surface area contributed by atoms with Crippen LogP contribution >= 0.6 is 11.5 Å². The van der Waals surface area contributed by atoms with Gasteiger partial charge in [-0.25, -0.2) is 9.19 Å². The zero-order valence-electron chi connectivity index (χ0n) is 16.1. The molecule has 1 aromatic carbocycles. The first-order valence-corrected chi connectivity index (χ1v) is 11.4. The molecule has 1 aromatic heterocycles. The summed E-state index contributed by atoms with van der Waals surface area (Å²) in [5.74, 6) is 0.763. The zero-order chi connectivity index (χ0) is 19.9. The van der Waals surface area contributed by atoms with Crippen LogP contribution in [0.2, 0.25) is 0 Å². The highest BCUT2D eigenvalue weighted by Crippen LogP contribution is 2.35. The quantitative estimate of drug-likeness (QED) is 0.551. The van der Waals surface area contributed by atoms with E-state index < -0.39 is 10.0 Å². The molecule has 0 amide bonds. The van der Waals surface area contributed by atoms with E-state index in [1.54, 1.807) is 19.1 Å². The Balaban J connectivity index is 2.46. The van der Waals surface area contributed by atoms with Crippen molar-refractivity contribution >= 4 is 43.7 Å². The van der Waals surface area contributed by atoms with Crippen molar-refractivity contribution in [3.63, 3.8) is 0 Å². The molecule has 0 aliphatic carbocycles. The summed E-state index contributed by atoms with van der Waals surface area (Å²) in [6.45, 7) is 9.52. The fraction of sp³-hybridized carbons (Fsp3) is 0.529. The molecular formula is C17H26N6O2S2. The molecule has 1 heterocycles. The number of benzene rings is 1. The van der Waals surface area contributed by atoms with E-state index in [1.807, 2.05) is 13.0 Å². The summed E-state index contributed by atoms with van der Waals surface area (Å²) in [6, 6.07) is 5.46. The second-order valence-corrected chi connectivity index (χ2v) is 8.46. The van der Waals surface area contributed by atoms with Crippen molar-refractivity contribution in [1.29, 1.82) is 0 Å². The lowest BCUT2D eigenvalue weighted by Gasteiger charge is -2.21. The molecule has 0 fully saturated rings. The second-order valence-electron chi connectivity index (χ2n) is 5.93. The molecule has 0 saturated carbocycles. The number of unbranched alkanes of at least 4 members (excludes halogenated alkanes) is 1. The van der Waals surface area contributed by atoms with Crippen molar-refractivity contribution in [2.45, 2.75) is 40.5 Å². The first-order chi connectivity index (χ1) is 12.9. The molecule has 0 aliphatic rings. The second kappa shape index (κ2) is 9.86. The van der Waals surface area contributed by atoms with Crippen molar-refractivity contribution in [1.82, 2.24) is 9.36 Å². The normalized spacial score (nSPS) is 13.7. The molecule has 0 spiro atoms. The number of hydrogen-bond acceptors (Lipinski definition) is 8. The van der Waals surface area contributed by atoms with E-state index >= 15 is 0 Å². The minimum Gasteiger partial charge on any atom is -0.372 e. The molecule has 2 rings (SSSR count). The maximum Gasteiger partial charge on any atom is 0.249 e. The lowest BCUT2D eigenvalue weighted by Crippen LogP contribution is -2.21. The van der Waals surface area contributed by atoms with Crippen LogP contribution in [0.5, 0.6) is 0 Å². The summed E-state index contributed by atoms with van der Waals surface area (Å²) >= 11 is 1.15. The van der Waals surface area contributed by atoms with Gasteiger partial charge in [0.15, 0.2) is 10.0 Å². The van der Waals surface area contributed by atoms with Crippen LogP contribution < -0.4 is 4.90 Å². The van der Waals surface area contributed by atoms with Gasteiger partial charge in [0.25, 0.3) is 0 Å². The van der Waals surface area contributed by atoms with Crippen molar-refractivity contribution < 1.29 is 8.76 Å². The van der Waals surface area contributed by atoms with Gasteiger partial charge in [0, 0.05) is 30.3 Å². The summed E-state index contributed by atoms with van der Waals surface area (Å²) in [5.41, 5.74) is 1.71. The molecule has 0 aliphatic heterocycles. The lowest BCUT2D eigenvalue weighted by molar-refractivity contribution is 0.549. The summed E-state index contributed by atoms with van der Waals surface area (Å²) < 4.78 is 30.9. The third-order valence-corrected chi connectivity index (χ3v) is 5.85. The number of aryl methyl sites for hydroxylation is 1. The van der Waals surface area contributed by atoms with Crippen LogP contribution in [-0.4, -0.2) is 37.0 Å². The molecular weight excluding hydrogens is 384 g/mol. The minimum atomic E-state index is -3.32. The largest absolute Gasteiger partial charge is 0.372 e. The van der Waals surface area contributed by atoms with Gasteiger partial charge in [-0.2, -0.15) is 8.74 Å². The molecule has 148 valence electrons. The number of aromatic nitrogens is 2. The molecule has 10 heteroatoms. The Morgan fingerprint density at radius 2 is 1.93 bits per heavy atom. The van der Waals surface area contributed by atoms with E-state index in [0.29, 0.717) is 28.8 Å². The van der Waals surface area contributed by atoms with Crippen LogP contribution in [0.1, 0.15) is 39.4 Å². The van der Waals surface area contributed by atoms with Crippen LogP contribution in [0, 0.1) is 6.92 Å². The van der Waals surface area contributed by atoms with E-state index in [9.17, 15) is 8.76 Å². The van der Waals surface area contributed by atoms with Crippen LogP contribution in [-0.2, 0) is 10.0 Å². The fourth-order valence-electron chi connectivity index (χ4n) is 2.41. The third-order valence-electron chi connectivity index (χ3n) is 3.85. The van der Waals surface area contributed by atoms with Crippen molar-refractivity contribution in [2.75, 3.05) is 23.7 Å². The topological polar surface area (TPSA) is 103 Å². The maximum atomic E-state index is 12.4. The number of nitrogens with zero attached hydrogens (tertiary/aromatic N) is 6. The van der Waals surface area contributed by atoms with E-state index in [4.69, 9.17) is 0 Å². The average Bonchev–Trinajstić information content (AvgIpc) is 3.05. The molecule has 1 N–H and O–H groups in total. The molecule has 0 radical (unpaired) electrons. The van der Waals surface area contributed by atoms with Crippen LogP contribution in [0.4, 0.5) is 22.2 Å². The molecule has 1 atom stereocenters. The Morgan fingerprint density at radius 3 is 2.52 bits per heavy atom. The van der Waals surface area contributed by atoms with Crippen LogP contribution in [0.3, 0.4) is 0 Å². The molecule has 27 heavy (non-hydrogen) atoms. The Kier molecular flexibility index (Phi) is 7.81. The van der Waals surface area contributed by atoms with Crippen LogP contribution in [0.15, 0.2) is 32.8 Å². The molecule has 0 bridgehead atoms.